The summed E-state index contributed by atoms with van der Waals surface area (Å²) in [6.45, 7) is 67.7. The molecule has 0 N–H and O–H groups in total. The molecule has 0 fully saturated rings. The van der Waals surface area contributed by atoms with Crippen molar-refractivity contribution in [1.29, 1.82) is 0 Å². The van der Waals surface area contributed by atoms with Gasteiger partial charge >= 0.3 is 0 Å². The molecule has 0 saturated carbocycles. The molecular formula is C90H130. The fraction of sp³-hybridized carbons (Fsp3) is 0.467. The fourth-order valence-corrected chi connectivity index (χ4v) is 9.91. The van der Waals surface area contributed by atoms with Crippen molar-refractivity contribution in [2.45, 2.75) is 277 Å². The molecule has 8 aromatic rings. The third-order valence-corrected chi connectivity index (χ3v) is 16.7. The fourth-order valence-electron chi connectivity index (χ4n) is 9.91. The lowest BCUT2D eigenvalue weighted by Crippen LogP contribution is -2.15. The number of hydrogen-bond donors (Lipinski definition) is 0. The number of benzene rings is 8. The van der Waals surface area contributed by atoms with Gasteiger partial charge in [0.05, 0.1) is 0 Å². The van der Waals surface area contributed by atoms with Crippen LogP contribution in [-0.2, 0) is 54.1 Å². The van der Waals surface area contributed by atoms with Crippen molar-refractivity contribution in [3.8, 4) is 33.4 Å². The van der Waals surface area contributed by atoms with Crippen LogP contribution in [0.3, 0.4) is 0 Å². The molecule has 0 aliphatic heterocycles. The quantitative estimate of drug-likeness (QED) is 0.165. The Morgan fingerprint density at radius 3 is 0.444 bits per heavy atom. The summed E-state index contributed by atoms with van der Waals surface area (Å²) in [6.07, 6.45) is 0. The predicted octanol–water partition coefficient (Wildman–Crippen LogP) is 27.7. The molecule has 0 aromatic heterocycles. The summed E-state index contributed by atoms with van der Waals surface area (Å²) in [4.78, 5) is 0. The Labute approximate surface area is 556 Å². The van der Waals surface area contributed by atoms with E-state index in [4.69, 9.17) is 0 Å². The average molecular weight is 1210 g/mol. The highest BCUT2D eigenvalue weighted by molar-refractivity contribution is 5.67. The lowest BCUT2D eigenvalue weighted by molar-refractivity contribution is 0.568. The summed E-state index contributed by atoms with van der Waals surface area (Å²) in [6, 6.07) is 71.5. The van der Waals surface area contributed by atoms with E-state index in [-0.39, 0.29) is 69.0 Å². The van der Waals surface area contributed by atoms with Gasteiger partial charge in [0.15, 0.2) is 0 Å². The van der Waals surface area contributed by atoms with Crippen LogP contribution < -0.4 is 0 Å². The lowest BCUT2D eigenvalue weighted by Gasteiger charge is -2.24. The molecule has 0 amide bonds. The van der Waals surface area contributed by atoms with Gasteiger partial charge in [-0.1, -0.05) is 417 Å². The zero-order valence-electron chi connectivity index (χ0n) is 61.5. The first-order valence-corrected chi connectivity index (χ1v) is 32.8. The van der Waals surface area contributed by atoms with Crippen molar-refractivity contribution >= 4 is 0 Å². The van der Waals surface area contributed by atoms with Gasteiger partial charge in [0, 0.05) is 0 Å². The highest BCUT2D eigenvalue weighted by atomic mass is 14.3. The Kier molecular flexibility index (Phi) is 27.4. The second-order valence-electron chi connectivity index (χ2n) is 35.1. The summed E-state index contributed by atoms with van der Waals surface area (Å²) < 4.78 is 0. The number of rotatable bonds is 3. The maximum absolute atomic E-state index is 2.33. The monoisotopic (exact) mass is 1210 g/mol. The van der Waals surface area contributed by atoms with E-state index in [1.54, 1.807) is 0 Å². The Morgan fingerprint density at radius 1 is 0.133 bits per heavy atom. The summed E-state index contributed by atoms with van der Waals surface area (Å²) in [7, 11) is 0. The van der Waals surface area contributed by atoms with Gasteiger partial charge in [-0.25, -0.2) is 0 Å². The summed E-state index contributed by atoms with van der Waals surface area (Å²) >= 11 is 0. The largest absolute Gasteiger partial charge is 0.0776 e. The van der Waals surface area contributed by atoms with Crippen molar-refractivity contribution in [1.82, 2.24) is 0 Å². The summed E-state index contributed by atoms with van der Waals surface area (Å²) in [5, 5.41) is 0. The Balaban J connectivity index is 0.000000385. The van der Waals surface area contributed by atoms with E-state index >= 15 is 0 Å². The van der Waals surface area contributed by atoms with Crippen LogP contribution >= 0.6 is 0 Å². The molecule has 0 heterocycles. The molecule has 0 bridgehead atoms. The van der Waals surface area contributed by atoms with Crippen molar-refractivity contribution in [3.05, 3.63) is 250 Å². The number of hydrogen-bond acceptors (Lipinski definition) is 0. The topological polar surface area (TPSA) is 0 Å². The van der Waals surface area contributed by atoms with Crippen LogP contribution in [0.5, 0.6) is 0 Å². The molecule has 0 aliphatic rings. The van der Waals surface area contributed by atoms with E-state index in [0.717, 1.165) is 0 Å². The van der Waals surface area contributed by atoms with Crippen molar-refractivity contribution < 1.29 is 0 Å². The van der Waals surface area contributed by atoms with Crippen LogP contribution in [0.25, 0.3) is 33.4 Å². The highest BCUT2D eigenvalue weighted by Crippen LogP contribution is 2.35. The molecule has 0 nitrogen and oxygen atoms in total. The predicted molar refractivity (Wildman–Crippen MR) is 409 cm³/mol. The first-order chi connectivity index (χ1) is 40.0. The van der Waals surface area contributed by atoms with Crippen LogP contribution in [0, 0.1) is 0 Å². The zero-order valence-corrected chi connectivity index (χ0v) is 61.5. The van der Waals surface area contributed by atoms with E-state index in [1.165, 1.54) is 89.0 Å². The van der Waals surface area contributed by atoms with Gasteiger partial charge in [-0.05, 0) is 143 Å². The van der Waals surface area contributed by atoms with E-state index in [2.05, 4.69) is 402 Å². The minimum absolute atomic E-state index is 0. The molecule has 0 saturated heterocycles. The molecule has 0 aliphatic carbocycles. The highest BCUT2D eigenvalue weighted by Gasteiger charge is 2.22. The molecule has 8 aromatic carbocycles. The molecule has 0 unspecified atom stereocenters. The molecule has 0 radical (unpaired) electrons. The van der Waals surface area contributed by atoms with Gasteiger partial charge in [0.25, 0.3) is 0 Å². The van der Waals surface area contributed by atoms with Gasteiger partial charge < -0.3 is 0 Å². The smallest absolute Gasteiger partial charge is 0.0132 e. The van der Waals surface area contributed by atoms with Crippen LogP contribution in [-0.4, -0.2) is 0 Å². The zero-order chi connectivity index (χ0) is 66.9. The second kappa shape index (κ2) is 30.9. The van der Waals surface area contributed by atoms with Gasteiger partial charge in [0.2, 0.25) is 0 Å². The first-order valence-electron chi connectivity index (χ1n) is 32.8. The van der Waals surface area contributed by atoms with Gasteiger partial charge in [-0.2, -0.15) is 0 Å². The Hall–Kier alpha value is -6.24. The van der Waals surface area contributed by atoms with Gasteiger partial charge in [0.1, 0.15) is 0 Å². The Bertz CT molecular complexity index is 3220. The molecule has 490 valence electrons. The second-order valence-corrected chi connectivity index (χ2v) is 35.1. The maximum atomic E-state index is 2.33. The minimum atomic E-state index is 0. The normalized spacial score (nSPS) is 12.4. The van der Waals surface area contributed by atoms with Crippen LogP contribution in [0.15, 0.2) is 194 Å². The van der Waals surface area contributed by atoms with E-state index in [9.17, 15) is 0 Å². The maximum Gasteiger partial charge on any atom is -0.0132 e. The molecule has 0 heteroatoms. The van der Waals surface area contributed by atoms with E-state index < -0.39 is 0 Å². The van der Waals surface area contributed by atoms with Crippen molar-refractivity contribution in [2.75, 3.05) is 0 Å². The molecule has 8 rings (SSSR count). The third kappa shape index (κ3) is 25.1. The average Bonchev–Trinajstić information content (AvgIpc) is 1.11. The lowest BCUT2D eigenvalue weighted by atomic mass is 9.81. The SMILES string of the molecule is C.C.CC(C)(C)c1ccc(-c2ccc(C(C)(C)C)cc2)cc1.CC(C)(C)c1ccc(-c2cccc(C(C)(C)C)c2)cc1.CC(C)(C)c1ccc(C(C)(C)C)cc1.CC(C)(C)c1cccc(-c2cccc(C(C)(C)C)c2)c1.CC(C)(C)c1cccc(C(C)(C)C)c1. The molecule has 0 spiro atoms. The standard InChI is InChI=1S/3C20H26.2C14H22.2CH4/c1-19(2,3)17-11-7-15(8-12-17)16-9-13-18(14-10-16)20(4,5)6;1-19(2,3)17-11-7-9-15(13-17)16-10-8-12-18(14-16)20(4,5)6;1-19(2,3)17-12-10-15(11-13-17)16-8-7-9-18(14-16)20(4,5)6;1-13(2,3)11-7-9-12(10-8-11)14(4,5)6;1-13(2,3)11-8-7-9-12(10-11)14(4,5)6;;/h3*7-14H,1-6H3;2*7-10H,1-6H3;2*1H4. The third-order valence-electron chi connectivity index (χ3n) is 16.7. The molecular weight excluding hydrogens is 1080 g/mol. The summed E-state index contributed by atoms with van der Waals surface area (Å²) in [5.41, 5.74) is 24.0. The molecule has 0 atom stereocenters. The summed E-state index contributed by atoms with van der Waals surface area (Å²) in [5.74, 6) is 0. The molecule has 90 heavy (non-hydrogen) atoms. The minimum Gasteiger partial charge on any atom is -0.0776 e. The van der Waals surface area contributed by atoms with Gasteiger partial charge in [-0.15, -0.1) is 0 Å². The van der Waals surface area contributed by atoms with Gasteiger partial charge in [-0.3, -0.25) is 0 Å². The van der Waals surface area contributed by atoms with Crippen LogP contribution in [0.4, 0.5) is 0 Å². The van der Waals surface area contributed by atoms with Crippen molar-refractivity contribution in [2.24, 2.45) is 0 Å². The van der Waals surface area contributed by atoms with Crippen LogP contribution in [0.1, 0.15) is 278 Å². The van der Waals surface area contributed by atoms with E-state index in [1.807, 2.05) is 0 Å². The van der Waals surface area contributed by atoms with Crippen LogP contribution in [0.2, 0.25) is 0 Å². The van der Waals surface area contributed by atoms with E-state index in [0.29, 0.717) is 0 Å². The van der Waals surface area contributed by atoms with Crippen molar-refractivity contribution in [3.63, 3.8) is 0 Å². The first kappa shape index (κ1) is 79.9. The Morgan fingerprint density at radius 2 is 0.267 bits per heavy atom.